The first-order chi connectivity index (χ1) is 8.75. The molecule has 0 radical (unpaired) electrons. The van der Waals surface area contributed by atoms with E-state index in [0.29, 0.717) is 12.1 Å². The van der Waals surface area contributed by atoms with Gasteiger partial charge in [0.15, 0.2) is 0 Å². The maximum Gasteiger partial charge on any atom is 0.243 e. The van der Waals surface area contributed by atoms with E-state index >= 15 is 0 Å². The minimum absolute atomic E-state index is 0.00120. The molecule has 0 amide bonds. The molecule has 0 saturated heterocycles. The van der Waals surface area contributed by atoms with Crippen LogP contribution in [0.5, 0.6) is 0 Å². The van der Waals surface area contributed by atoms with Gasteiger partial charge in [0.1, 0.15) is 5.82 Å². The van der Waals surface area contributed by atoms with Crippen molar-refractivity contribution in [3.63, 3.8) is 0 Å². The van der Waals surface area contributed by atoms with Gasteiger partial charge in [-0.2, -0.15) is 4.31 Å². The number of rotatable bonds is 5. The second kappa shape index (κ2) is 6.20. The van der Waals surface area contributed by atoms with Crippen molar-refractivity contribution >= 4 is 21.6 Å². The molecule has 6 heteroatoms. The van der Waals surface area contributed by atoms with Crippen LogP contribution in [0, 0.1) is 12.7 Å². The van der Waals surface area contributed by atoms with Crippen LogP contribution in [0.15, 0.2) is 17.0 Å². The lowest BCUT2D eigenvalue weighted by atomic mass is 10.1. The first-order valence-corrected chi connectivity index (χ1v) is 8.10. The Labute approximate surface area is 119 Å². The normalized spacial score (nSPS) is 12.4. The van der Waals surface area contributed by atoms with Crippen molar-refractivity contribution in [3.05, 3.63) is 29.1 Å². The van der Waals surface area contributed by atoms with Crippen molar-refractivity contribution in [2.45, 2.75) is 44.5 Å². The average molecular weight is 308 g/mol. The third-order valence-electron chi connectivity index (χ3n) is 2.99. The highest BCUT2D eigenvalue weighted by Gasteiger charge is 2.28. The van der Waals surface area contributed by atoms with E-state index in [1.807, 2.05) is 0 Å². The molecule has 0 atom stereocenters. The van der Waals surface area contributed by atoms with Crippen molar-refractivity contribution in [2.75, 3.05) is 6.54 Å². The SMILES string of the molecule is CCN(C(C)C)S(=O)(=O)c1cc(CCl)cc(F)c1C. The number of benzene rings is 1. The van der Waals surface area contributed by atoms with Crippen molar-refractivity contribution in [2.24, 2.45) is 0 Å². The zero-order chi connectivity index (χ0) is 14.8. The minimum Gasteiger partial charge on any atom is -0.207 e. The average Bonchev–Trinajstić information content (AvgIpc) is 2.32. The van der Waals surface area contributed by atoms with E-state index in [9.17, 15) is 12.8 Å². The van der Waals surface area contributed by atoms with Crippen LogP contribution in [0.4, 0.5) is 4.39 Å². The monoisotopic (exact) mass is 307 g/mol. The quantitative estimate of drug-likeness (QED) is 0.783. The molecule has 1 aromatic carbocycles. The summed E-state index contributed by atoms with van der Waals surface area (Å²) in [4.78, 5) is -0.00120. The van der Waals surface area contributed by atoms with Crippen molar-refractivity contribution in [1.29, 1.82) is 0 Å². The predicted octanol–water partition coefficient (Wildman–Crippen LogP) is 3.29. The zero-order valence-electron chi connectivity index (χ0n) is 11.6. The third kappa shape index (κ3) is 3.27. The lowest BCUT2D eigenvalue weighted by Crippen LogP contribution is -2.37. The Kier molecular flexibility index (Phi) is 5.35. The third-order valence-corrected chi connectivity index (χ3v) is 5.57. The molecule has 0 bridgehead atoms. The molecule has 0 fully saturated rings. The summed E-state index contributed by atoms with van der Waals surface area (Å²) in [6, 6.07) is 2.54. The van der Waals surface area contributed by atoms with Crippen molar-refractivity contribution in [3.8, 4) is 0 Å². The minimum atomic E-state index is -3.70. The number of sulfonamides is 1. The van der Waals surface area contributed by atoms with Gasteiger partial charge in [0, 0.05) is 24.0 Å². The summed E-state index contributed by atoms with van der Waals surface area (Å²) in [6.07, 6.45) is 0. The Balaban J connectivity index is 3.47. The summed E-state index contributed by atoms with van der Waals surface area (Å²) < 4.78 is 40.2. The molecule has 108 valence electrons. The van der Waals surface area contributed by atoms with E-state index in [0.717, 1.165) is 0 Å². The summed E-state index contributed by atoms with van der Waals surface area (Å²) in [7, 11) is -3.70. The van der Waals surface area contributed by atoms with Gasteiger partial charge in [-0.15, -0.1) is 11.6 Å². The van der Waals surface area contributed by atoms with Gasteiger partial charge in [0.05, 0.1) is 4.90 Å². The first-order valence-electron chi connectivity index (χ1n) is 6.12. The fourth-order valence-electron chi connectivity index (χ4n) is 1.99. The van der Waals surface area contributed by atoms with Crippen LogP contribution >= 0.6 is 11.6 Å². The molecule has 0 unspecified atom stereocenters. The Morgan fingerprint density at radius 1 is 1.37 bits per heavy atom. The highest BCUT2D eigenvalue weighted by Crippen LogP contribution is 2.25. The maximum atomic E-state index is 13.8. The summed E-state index contributed by atoms with van der Waals surface area (Å²) in [6.45, 7) is 7.14. The molecule has 0 spiro atoms. The van der Waals surface area contributed by atoms with Crippen molar-refractivity contribution < 1.29 is 12.8 Å². The largest absolute Gasteiger partial charge is 0.243 e. The highest BCUT2D eigenvalue weighted by molar-refractivity contribution is 7.89. The van der Waals surface area contributed by atoms with Gasteiger partial charge >= 0.3 is 0 Å². The van der Waals surface area contributed by atoms with Crippen LogP contribution in [0.25, 0.3) is 0 Å². The van der Waals surface area contributed by atoms with Crippen LogP contribution in [0.1, 0.15) is 31.9 Å². The van der Waals surface area contributed by atoms with Crippen LogP contribution in [0.3, 0.4) is 0 Å². The van der Waals surface area contributed by atoms with E-state index in [1.165, 1.54) is 23.4 Å². The van der Waals surface area contributed by atoms with Gasteiger partial charge < -0.3 is 0 Å². The van der Waals surface area contributed by atoms with E-state index in [2.05, 4.69) is 0 Å². The van der Waals surface area contributed by atoms with Crippen LogP contribution in [-0.4, -0.2) is 25.3 Å². The number of alkyl halides is 1. The summed E-state index contributed by atoms with van der Waals surface area (Å²) >= 11 is 5.67. The molecule has 0 N–H and O–H groups in total. The molecular weight excluding hydrogens is 289 g/mol. The molecule has 0 saturated carbocycles. The molecule has 1 aromatic rings. The Morgan fingerprint density at radius 3 is 2.37 bits per heavy atom. The van der Waals surface area contributed by atoms with Crippen molar-refractivity contribution in [1.82, 2.24) is 4.31 Å². The molecule has 1 rings (SSSR count). The Morgan fingerprint density at radius 2 is 1.95 bits per heavy atom. The van der Waals surface area contributed by atoms with Gasteiger partial charge in [-0.1, -0.05) is 6.92 Å². The number of hydrogen-bond donors (Lipinski definition) is 0. The highest BCUT2D eigenvalue weighted by atomic mass is 35.5. The second-order valence-electron chi connectivity index (χ2n) is 4.64. The van der Waals surface area contributed by atoms with E-state index in [1.54, 1.807) is 20.8 Å². The molecule has 0 aliphatic heterocycles. The van der Waals surface area contributed by atoms with Crippen LogP contribution in [0.2, 0.25) is 0 Å². The van der Waals surface area contributed by atoms with Crippen LogP contribution in [-0.2, 0) is 15.9 Å². The van der Waals surface area contributed by atoms with Gasteiger partial charge in [-0.3, -0.25) is 0 Å². The van der Waals surface area contributed by atoms with Gasteiger partial charge in [0.2, 0.25) is 10.0 Å². The van der Waals surface area contributed by atoms with Crippen LogP contribution < -0.4 is 0 Å². The van der Waals surface area contributed by atoms with E-state index in [4.69, 9.17) is 11.6 Å². The first kappa shape index (κ1) is 16.4. The number of nitrogens with zero attached hydrogens (tertiary/aromatic N) is 1. The standard InChI is InChI=1S/C13H19ClFNO2S/c1-5-16(9(2)3)19(17,18)13-7-11(8-14)6-12(15)10(13)4/h6-7,9H,5,8H2,1-4H3. The smallest absolute Gasteiger partial charge is 0.207 e. The van der Waals surface area contributed by atoms with Gasteiger partial charge in [0.25, 0.3) is 0 Å². The van der Waals surface area contributed by atoms with Gasteiger partial charge in [-0.25, -0.2) is 12.8 Å². The predicted molar refractivity (Wildman–Crippen MR) is 75.4 cm³/mol. The molecule has 0 heterocycles. The zero-order valence-corrected chi connectivity index (χ0v) is 13.1. The fraction of sp³-hybridized carbons (Fsp3) is 0.538. The van der Waals surface area contributed by atoms with E-state index < -0.39 is 15.8 Å². The lowest BCUT2D eigenvalue weighted by molar-refractivity contribution is 0.368. The Hall–Kier alpha value is -0.650. The molecule has 0 aliphatic carbocycles. The topological polar surface area (TPSA) is 37.4 Å². The Bertz CT molecular complexity index is 558. The summed E-state index contributed by atoms with van der Waals surface area (Å²) in [5, 5.41) is 0. The molecule has 19 heavy (non-hydrogen) atoms. The fourth-order valence-corrected chi connectivity index (χ4v) is 4.08. The van der Waals surface area contributed by atoms with E-state index in [-0.39, 0.29) is 22.4 Å². The number of halogens is 2. The number of hydrogen-bond acceptors (Lipinski definition) is 2. The molecule has 0 aromatic heterocycles. The molecule has 0 aliphatic rings. The summed E-state index contributed by atoms with van der Waals surface area (Å²) in [5.41, 5.74) is 0.594. The van der Waals surface area contributed by atoms with Gasteiger partial charge in [-0.05, 0) is 38.5 Å². The molecule has 3 nitrogen and oxygen atoms in total. The maximum absolute atomic E-state index is 13.8. The second-order valence-corrected chi connectivity index (χ2v) is 6.76. The molecular formula is C13H19ClFNO2S. The lowest BCUT2D eigenvalue weighted by Gasteiger charge is -2.25. The summed E-state index contributed by atoms with van der Waals surface area (Å²) in [5.74, 6) is -0.468.